The van der Waals surface area contributed by atoms with Crippen LogP contribution in [-0.2, 0) is 14.3 Å². The van der Waals surface area contributed by atoms with E-state index >= 15 is 0 Å². The molecule has 2 N–H and O–H groups in total. The van der Waals surface area contributed by atoms with E-state index in [1.54, 1.807) is 31.7 Å². The van der Waals surface area contributed by atoms with E-state index in [2.05, 4.69) is 23.3 Å². The zero-order chi connectivity index (χ0) is 28.2. The van der Waals surface area contributed by atoms with Crippen LogP contribution in [0.2, 0.25) is 5.02 Å². The molecule has 206 valence electrons. The molecule has 2 aromatic carbocycles. The highest BCUT2D eigenvalue weighted by atomic mass is 35.5. The lowest BCUT2D eigenvalue weighted by Crippen LogP contribution is -2.57. The molecule has 0 saturated heterocycles. The molecule has 7 nitrogen and oxygen atoms in total. The van der Waals surface area contributed by atoms with Gasteiger partial charge < -0.3 is 20.3 Å². The van der Waals surface area contributed by atoms with E-state index in [1.807, 2.05) is 51.1 Å². The van der Waals surface area contributed by atoms with Crippen molar-refractivity contribution in [2.45, 2.75) is 84.5 Å². The van der Waals surface area contributed by atoms with Crippen molar-refractivity contribution in [2.75, 3.05) is 11.1 Å². The third-order valence-electron chi connectivity index (χ3n) is 6.62. The van der Waals surface area contributed by atoms with Gasteiger partial charge in [0, 0.05) is 11.8 Å². The van der Waals surface area contributed by atoms with Crippen LogP contribution in [0.15, 0.2) is 36.4 Å². The molecule has 0 spiro atoms. The monoisotopic (exact) mass is 559 g/mol. The third-order valence-corrected chi connectivity index (χ3v) is 7.30. The molecule has 38 heavy (non-hydrogen) atoms. The van der Waals surface area contributed by atoms with Crippen molar-refractivity contribution in [2.24, 2.45) is 0 Å². The Morgan fingerprint density at radius 3 is 2.34 bits per heavy atom. The van der Waals surface area contributed by atoms with Gasteiger partial charge >= 0.3 is 6.09 Å². The van der Waals surface area contributed by atoms with Crippen molar-refractivity contribution in [1.29, 1.82) is 0 Å². The van der Waals surface area contributed by atoms with Gasteiger partial charge in [-0.05, 0) is 83.6 Å². The van der Waals surface area contributed by atoms with Gasteiger partial charge in [0.15, 0.2) is 0 Å². The first-order chi connectivity index (χ1) is 17.8. The average molecular weight is 560 g/mol. The standard InChI is InChI=1S/C29H38ClN3O4S/c1-17-13-14-18(2)21(15-17)25(26(34)32-24-19(3)9-7-12-22(24)30)33(20-10-8-11-20)27(35)23(16-38)31-28(36)37-29(4,5)6/h7,9,12-15,20,23,25,38H,8,10-11,16H2,1-6H3,(H,31,36)(H,32,34). The van der Waals surface area contributed by atoms with Crippen molar-refractivity contribution in [3.05, 3.63) is 63.7 Å². The number of nitrogens with one attached hydrogen (secondary N) is 2. The van der Waals surface area contributed by atoms with E-state index in [0.29, 0.717) is 10.7 Å². The number of nitrogens with zero attached hydrogens (tertiary/aromatic N) is 1. The van der Waals surface area contributed by atoms with Crippen LogP contribution in [0.4, 0.5) is 10.5 Å². The van der Waals surface area contributed by atoms with Gasteiger partial charge in [-0.15, -0.1) is 0 Å². The predicted octanol–water partition coefficient (Wildman–Crippen LogP) is 6.15. The summed E-state index contributed by atoms with van der Waals surface area (Å²) in [4.78, 5) is 42.4. The number of para-hydroxylation sites is 1. The van der Waals surface area contributed by atoms with Crippen LogP contribution in [-0.4, -0.2) is 46.2 Å². The van der Waals surface area contributed by atoms with Crippen LogP contribution >= 0.6 is 24.2 Å². The molecule has 0 bridgehead atoms. The molecule has 2 aromatic rings. The maximum atomic E-state index is 14.1. The number of anilines is 1. The fraction of sp³-hybridized carbons (Fsp3) is 0.483. The van der Waals surface area contributed by atoms with E-state index in [1.165, 1.54) is 0 Å². The summed E-state index contributed by atoms with van der Waals surface area (Å²) >= 11 is 10.8. The minimum absolute atomic E-state index is 0.0477. The Labute approximate surface area is 236 Å². The average Bonchev–Trinajstić information content (AvgIpc) is 2.79. The molecule has 0 radical (unpaired) electrons. The molecule has 1 fully saturated rings. The van der Waals surface area contributed by atoms with Gasteiger partial charge in [0.1, 0.15) is 17.7 Å². The number of hydrogen-bond acceptors (Lipinski definition) is 5. The molecule has 2 atom stereocenters. The Bertz CT molecular complexity index is 1170. The summed E-state index contributed by atoms with van der Waals surface area (Å²) < 4.78 is 5.38. The highest BCUT2D eigenvalue weighted by Crippen LogP contribution is 2.36. The van der Waals surface area contributed by atoms with E-state index < -0.39 is 23.8 Å². The normalized spacial score (nSPS) is 15.2. The summed E-state index contributed by atoms with van der Waals surface area (Å²) in [5.41, 5.74) is 3.17. The van der Waals surface area contributed by atoms with Crippen molar-refractivity contribution < 1.29 is 19.1 Å². The number of alkyl carbamates (subject to hydrolysis) is 1. The largest absolute Gasteiger partial charge is 0.444 e. The summed E-state index contributed by atoms with van der Waals surface area (Å²) in [6, 6.07) is 9.19. The van der Waals surface area contributed by atoms with E-state index in [9.17, 15) is 14.4 Å². The zero-order valence-corrected chi connectivity index (χ0v) is 24.6. The Morgan fingerprint density at radius 1 is 1.11 bits per heavy atom. The first-order valence-corrected chi connectivity index (χ1v) is 13.9. The maximum Gasteiger partial charge on any atom is 0.408 e. The number of aryl methyl sites for hydroxylation is 3. The molecular weight excluding hydrogens is 522 g/mol. The molecular formula is C29H38ClN3O4S. The number of amides is 3. The highest BCUT2D eigenvalue weighted by molar-refractivity contribution is 7.80. The zero-order valence-electron chi connectivity index (χ0n) is 22.9. The van der Waals surface area contributed by atoms with Gasteiger partial charge in [-0.2, -0.15) is 12.6 Å². The van der Waals surface area contributed by atoms with Crippen LogP contribution < -0.4 is 10.6 Å². The van der Waals surface area contributed by atoms with Crippen molar-refractivity contribution in [3.63, 3.8) is 0 Å². The molecule has 0 heterocycles. The number of hydrogen-bond donors (Lipinski definition) is 3. The van der Waals surface area contributed by atoms with Crippen LogP contribution in [0.3, 0.4) is 0 Å². The SMILES string of the molecule is Cc1ccc(C)c(C(C(=O)Nc2c(C)cccc2Cl)N(C(=O)C(CS)NC(=O)OC(C)(C)C)C2CCC2)c1. The van der Waals surface area contributed by atoms with Crippen LogP contribution in [0.25, 0.3) is 0 Å². The highest BCUT2D eigenvalue weighted by Gasteiger charge is 2.42. The second-order valence-corrected chi connectivity index (χ2v) is 11.7. The molecule has 1 aliphatic rings. The van der Waals surface area contributed by atoms with Crippen LogP contribution in [0.1, 0.15) is 68.3 Å². The summed E-state index contributed by atoms with van der Waals surface area (Å²) in [7, 11) is 0. The lowest BCUT2D eigenvalue weighted by Gasteiger charge is -2.44. The molecule has 1 saturated carbocycles. The van der Waals surface area contributed by atoms with Gasteiger partial charge in [0.2, 0.25) is 5.91 Å². The molecule has 2 unspecified atom stereocenters. The van der Waals surface area contributed by atoms with Crippen LogP contribution in [0.5, 0.6) is 0 Å². The quantitative estimate of drug-likeness (QED) is 0.339. The molecule has 1 aliphatic carbocycles. The van der Waals surface area contributed by atoms with Crippen molar-refractivity contribution in [3.8, 4) is 0 Å². The number of carbonyl (C=O) groups is 3. The molecule has 0 aromatic heterocycles. The fourth-order valence-electron chi connectivity index (χ4n) is 4.45. The maximum absolute atomic E-state index is 14.1. The Morgan fingerprint density at radius 2 is 1.79 bits per heavy atom. The van der Waals surface area contributed by atoms with Gasteiger partial charge in [-0.1, -0.05) is 47.5 Å². The topological polar surface area (TPSA) is 87.7 Å². The summed E-state index contributed by atoms with van der Waals surface area (Å²) in [5.74, 6) is -0.704. The van der Waals surface area contributed by atoms with E-state index in [4.69, 9.17) is 16.3 Å². The number of thiol groups is 1. The van der Waals surface area contributed by atoms with Gasteiger partial charge in [0.05, 0.1) is 10.7 Å². The van der Waals surface area contributed by atoms with Gasteiger partial charge in [-0.25, -0.2) is 4.79 Å². The van der Waals surface area contributed by atoms with E-state index in [0.717, 1.165) is 41.5 Å². The second kappa shape index (κ2) is 12.4. The smallest absolute Gasteiger partial charge is 0.408 e. The summed E-state index contributed by atoms with van der Waals surface area (Å²) in [6.45, 7) is 11.0. The first kappa shape index (κ1) is 29.8. The second-order valence-electron chi connectivity index (χ2n) is 10.9. The lowest BCUT2D eigenvalue weighted by atomic mass is 9.87. The summed E-state index contributed by atoms with van der Waals surface area (Å²) in [6.07, 6.45) is 1.76. The van der Waals surface area contributed by atoms with Crippen molar-refractivity contribution >= 4 is 47.8 Å². The van der Waals surface area contributed by atoms with E-state index in [-0.39, 0.29) is 23.6 Å². The van der Waals surface area contributed by atoms with Gasteiger partial charge in [0.25, 0.3) is 5.91 Å². The molecule has 9 heteroatoms. The minimum atomic E-state index is -0.976. The predicted molar refractivity (Wildman–Crippen MR) is 155 cm³/mol. The molecule has 3 rings (SSSR count). The number of rotatable bonds is 8. The summed E-state index contributed by atoms with van der Waals surface area (Å²) in [5, 5.41) is 6.08. The minimum Gasteiger partial charge on any atom is -0.444 e. The Kier molecular flexibility index (Phi) is 9.76. The van der Waals surface area contributed by atoms with Gasteiger partial charge in [-0.3, -0.25) is 9.59 Å². The first-order valence-electron chi connectivity index (χ1n) is 12.9. The van der Waals surface area contributed by atoms with Crippen LogP contribution in [0, 0.1) is 20.8 Å². The lowest BCUT2D eigenvalue weighted by molar-refractivity contribution is -0.145. The van der Waals surface area contributed by atoms with Crippen molar-refractivity contribution in [1.82, 2.24) is 10.2 Å². The fourth-order valence-corrected chi connectivity index (χ4v) is 4.97. The number of benzene rings is 2. The molecule has 3 amide bonds. The number of carbonyl (C=O) groups excluding carboxylic acids is 3. The number of halogens is 1. The molecule has 0 aliphatic heterocycles. The third kappa shape index (κ3) is 7.23. The Hall–Kier alpha value is -2.71. The Balaban J connectivity index is 2.06. The number of ether oxygens (including phenoxy) is 1.